The summed E-state index contributed by atoms with van der Waals surface area (Å²) in [6.45, 7) is 17.0. The summed E-state index contributed by atoms with van der Waals surface area (Å²) in [5.41, 5.74) is 0. The molecule has 0 fully saturated rings. The van der Waals surface area contributed by atoms with Crippen molar-refractivity contribution in [2.24, 2.45) is 0 Å². The third kappa shape index (κ3) is 43.0. The highest BCUT2D eigenvalue weighted by Gasteiger charge is 1.97. The second kappa shape index (κ2) is 43.8. The van der Waals surface area contributed by atoms with Crippen LogP contribution in [0.3, 0.4) is 0 Å². The van der Waals surface area contributed by atoms with E-state index in [0.717, 1.165) is 13.1 Å². The third-order valence-corrected chi connectivity index (χ3v) is 4.55. The fraction of sp³-hybridized carbons (Fsp3) is 0.900. The van der Waals surface area contributed by atoms with Gasteiger partial charge in [-0.3, -0.25) is 0 Å². The van der Waals surface area contributed by atoms with Crippen molar-refractivity contribution in [3.05, 3.63) is 12.2 Å². The minimum atomic E-state index is 0. The molecule has 0 aliphatic heterocycles. The summed E-state index contributed by atoms with van der Waals surface area (Å²) in [6.07, 6.45) is 12.8. The summed E-state index contributed by atoms with van der Waals surface area (Å²) in [4.78, 5) is 0. The molecule has 0 saturated heterocycles. The van der Waals surface area contributed by atoms with Crippen LogP contribution in [0.15, 0.2) is 12.2 Å². The number of quaternary nitrogens is 5. The number of halogens is 5. The van der Waals surface area contributed by atoms with Crippen molar-refractivity contribution in [1.82, 2.24) is 0 Å². The fourth-order valence-electron chi connectivity index (χ4n) is 2.89. The maximum atomic E-state index is 2.51. The van der Waals surface area contributed by atoms with Crippen LogP contribution < -0.4 is 88.6 Å². The molecule has 0 amide bonds. The van der Waals surface area contributed by atoms with Gasteiger partial charge in [0.25, 0.3) is 0 Å². The van der Waals surface area contributed by atoms with E-state index in [1.807, 2.05) is 0 Å². The molecule has 190 valence electrons. The Morgan fingerprint density at radius 2 is 0.700 bits per heavy atom. The molecule has 10 N–H and O–H groups in total. The lowest BCUT2D eigenvalue weighted by atomic mass is 10.2. The van der Waals surface area contributed by atoms with Crippen molar-refractivity contribution in [2.75, 3.05) is 65.4 Å². The smallest absolute Gasteiger partial charge is 0.0944 e. The summed E-state index contributed by atoms with van der Waals surface area (Å²) in [6, 6.07) is 0. The average molecular weight is 538 g/mol. The van der Waals surface area contributed by atoms with Gasteiger partial charge < -0.3 is 88.6 Å². The van der Waals surface area contributed by atoms with Gasteiger partial charge in [-0.25, -0.2) is 0 Å². The number of likely N-dealkylation sites (N-methyl/N-ethyl adjacent to an activating group) is 1. The Morgan fingerprint density at radius 1 is 0.400 bits per heavy atom. The molecule has 0 aliphatic rings. The second-order valence-electron chi connectivity index (χ2n) is 7.06. The van der Waals surface area contributed by atoms with E-state index in [2.05, 4.69) is 52.6 Å². The first-order valence-corrected chi connectivity index (χ1v) is 11.1. The predicted octanol–water partition coefficient (Wildman–Crippen LogP) is -18.2. The van der Waals surface area contributed by atoms with Crippen LogP contribution >= 0.6 is 0 Å². The Morgan fingerprint density at radius 3 is 1.07 bits per heavy atom. The monoisotopic (exact) mass is 535 g/mol. The van der Waals surface area contributed by atoms with Crippen LogP contribution in [0.5, 0.6) is 0 Å². The first kappa shape index (κ1) is 44.6. The highest BCUT2D eigenvalue weighted by Crippen LogP contribution is 1.81. The lowest BCUT2D eigenvalue weighted by Crippen LogP contribution is -3.00. The third-order valence-electron chi connectivity index (χ3n) is 4.55. The lowest BCUT2D eigenvalue weighted by Gasteiger charge is -2.03. The molecule has 0 heterocycles. The van der Waals surface area contributed by atoms with E-state index in [9.17, 15) is 0 Å². The van der Waals surface area contributed by atoms with Gasteiger partial charge in [-0.05, 0) is 26.0 Å². The standard InChI is InChI=1S/C20H45N5.5ClH/c1-3-21-13-5-7-15-23-17-9-11-19-25-20-12-10-18-24-16-8-6-14-22-4-2;;;;;/h5,7,21-25H,3-4,6,8-20H2,1-2H3;5*1H/b7-5-;;;;;. The first-order chi connectivity index (χ1) is 12.4. The second-order valence-corrected chi connectivity index (χ2v) is 7.06. The average Bonchev–Trinajstić information content (AvgIpc) is 2.63. The zero-order valence-corrected chi connectivity index (χ0v) is 23.0. The first-order valence-electron chi connectivity index (χ1n) is 11.1. The van der Waals surface area contributed by atoms with Crippen molar-refractivity contribution in [3.63, 3.8) is 0 Å². The van der Waals surface area contributed by atoms with Crippen molar-refractivity contribution >= 4 is 0 Å². The molecular formula is C20H50Cl5N5. The Balaban J connectivity index is -0.000000288. The number of rotatable bonds is 21. The van der Waals surface area contributed by atoms with Gasteiger partial charge in [0.05, 0.1) is 65.4 Å². The molecule has 0 aromatic heterocycles. The van der Waals surface area contributed by atoms with Crippen LogP contribution in [0.2, 0.25) is 0 Å². The van der Waals surface area contributed by atoms with Gasteiger partial charge in [0.15, 0.2) is 0 Å². The summed E-state index contributed by atoms with van der Waals surface area (Å²) in [7, 11) is 0. The van der Waals surface area contributed by atoms with Crippen LogP contribution in [0, 0.1) is 0 Å². The highest BCUT2D eigenvalue weighted by molar-refractivity contribution is 4.78. The summed E-state index contributed by atoms with van der Waals surface area (Å²) >= 11 is 0. The molecule has 10 heteroatoms. The molecule has 0 aromatic carbocycles. The van der Waals surface area contributed by atoms with Gasteiger partial charge in [0.1, 0.15) is 0 Å². The quantitative estimate of drug-likeness (QED) is 0.0712. The van der Waals surface area contributed by atoms with Gasteiger partial charge in [-0.15, -0.1) is 0 Å². The maximum absolute atomic E-state index is 2.51. The number of unbranched alkanes of at least 4 members (excludes halogenated alkanes) is 3. The van der Waals surface area contributed by atoms with Crippen molar-refractivity contribution < 1.29 is 88.6 Å². The molecule has 0 aromatic rings. The van der Waals surface area contributed by atoms with Crippen molar-refractivity contribution in [2.45, 2.75) is 52.4 Å². The zero-order valence-electron chi connectivity index (χ0n) is 19.2. The van der Waals surface area contributed by atoms with Crippen molar-refractivity contribution in [3.8, 4) is 0 Å². The molecule has 0 rings (SSSR count). The van der Waals surface area contributed by atoms with E-state index in [1.54, 1.807) is 0 Å². The molecule has 0 atom stereocenters. The summed E-state index contributed by atoms with van der Waals surface area (Å²) in [5, 5.41) is 12.2. The highest BCUT2D eigenvalue weighted by atomic mass is 35.5. The van der Waals surface area contributed by atoms with Gasteiger partial charge in [0, 0.05) is 38.5 Å². The minimum absolute atomic E-state index is 0. The maximum Gasteiger partial charge on any atom is 0.0944 e. The number of hydrogen-bond donors (Lipinski definition) is 5. The van der Waals surface area contributed by atoms with Gasteiger partial charge in [-0.1, -0.05) is 0 Å². The largest absolute Gasteiger partial charge is 1.00 e. The number of hydrogen-bond acceptors (Lipinski definition) is 0. The minimum Gasteiger partial charge on any atom is -1.00 e. The van der Waals surface area contributed by atoms with E-state index in [1.165, 1.54) is 90.9 Å². The number of nitrogens with two attached hydrogens (primary N) is 5. The molecule has 0 spiro atoms. The fourth-order valence-corrected chi connectivity index (χ4v) is 2.89. The van der Waals surface area contributed by atoms with E-state index in [4.69, 9.17) is 0 Å². The molecule has 0 bridgehead atoms. The Bertz CT molecular complexity index is 278. The van der Waals surface area contributed by atoms with E-state index in [-0.39, 0.29) is 62.0 Å². The molecular weight excluding hydrogens is 488 g/mol. The van der Waals surface area contributed by atoms with Crippen LogP contribution in [-0.4, -0.2) is 65.4 Å². The Labute approximate surface area is 217 Å². The van der Waals surface area contributed by atoms with Gasteiger partial charge in [0.2, 0.25) is 0 Å². The predicted molar refractivity (Wildman–Crippen MR) is 106 cm³/mol. The molecule has 0 saturated carbocycles. The topological polar surface area (TPSA) is 83.0 Å². The van der Waals surface area contributed by atoms with Crippen LogP contribution in [-0.2, 0) is 0 Å². The molecule has 0 aliphatic carbocycles. The zero-order chi connectivity index (χ0) is 18.3. The van der Waals surface area contributed by atoms with E-state index < -0.39 is 0 Å². The van der Waals surface area contributed by atoms with E-state index in [0.29, 0.717) is 0 Å². The van der Waals surface area contributed by atoms with Crippen LogP contribution in [0.25, 0.3) is 0 Å². The van der Waals surface area contributed by atoms with Gasteiger partial charge in [-0.2, -0.15) is 0 Å². The van der Waals surface area contributed by atoms with E-state index >= 15 is 0 Å². The summed E-state index contributed by atoms with van der Waals surface area (Å²) < 4.78 is 0. The normalized spacial score (nSPS) is 9.67. The molecule has 30 heavy (non-hydrogen) atoms. The van der Waals surface area contributed by atoms with Crippen LogP contribution in [0.1, 0.15) is 52.4 Å². The van der Waals surface area contributed by atoms with Crippen LogP contribution in [0.4, 0.5) is 0 Å². The summed E-state index contributed by atoms with van der Waals surface area (Å²) in [5.74, 6) is 0. The Kier molecular flexibility index (Phi) is 65.2. The van der Waals surface area contributed by atoms with Crippen molar-refractivity contribution in [1.29, 1.82) is 0 Å². The SMILES string of the molecule is CC[NH2+]C/C=C\C[NH2+]CCCC[NH2+]CCCC[NH2+]CCCC[NH2+]CC.[Cl-].[Cl-].[Cl-].[Cl-].[Cl-]. The lowest BCUT2D eigenvalue weighted by molar-refractivity contribution is -0.669. The molecule has 0 unspecified atom stereocenters. The molecule has 5 nitrogen and oxygen atoms in total. The van der Waals surface area contributed by atoms with Gasteiger partial charge >= 0.3 is 0 Å². The molecule has 0 radical (unpaired) electrons. The Hall–Kier alpha value is 0.990.